The summed E-state index contributed by atoms with van der Waals surface area (Å²) in [5, 5.41) is 2.94. The lowest BCUT2D eigenvalue weighted by Gasteiger charge is -2.16. The molecule has 0 saturated carbocycles. The Balaban J connectivity index is 3.43. The maximum absolute atomic E-state index is 11.5. The summed E-state index contributed by atoms with van der Waals surface area (Å²) in [7, 11) is 6.08. The fourth-order valence-corrected chi connectivity index (χ4v) is 1.43. The Labute approximate surface area is 100.0 Å². The van der Waals surface area contributed by atoms with Gasteiger partial charge in [-0.3, -0.25) is 9.69 Å². The Kier molecular flexibility index (Phi) is 9.24. The maximum Gasteiger partial charge on any atom is 0.234 e. The third-order valence-electron chi connectivity index (χ3n) is 2.41. The van der Waals surface area contributed by atoms with Crippen molar-refractivity contribution in [2.24, 2.45) is 0 Å². The number of carbonyl (C=O) groups excluding carboxylic acids is 1. The molecule has 0 saturated heterocycles. The zero-order valence-electron chi connectivity index (χ0n) is 11.3. The van der Waals surface area contributed by atoms with Crippen LogP contribution in [0.15, 0.2) is 0 Å². The second-order valence-electron chi connectivity index (χ2n) is 4.60. The summed E-state index contributed by atoms with van der Waals surface area (Å²) in [6.07, 6.45) is 3.34. The minimum atomic E-state index is 0.136. The number of likely N-dealkylation sites (N-methyl/N-ethyl adjacent to an activating group) is 1. The van der Waals surface area contributed by atoms with Crippen LogP contribution in [-0.4, -0.2) is 63.0 Å². The molecule has 4 heteroatoms. The van der Waals surface area contributed by atoms with Gasteiger partial charge in [-0.15, -0.1) is 0 Å². The summed E-state index contributed by atoms with van der Waals surface area (Å²) in [5.41, 5.74) is 0. The lowest BCUT2D eigenvalue weighted by atomic mass is 10.3. The van der Waals surface area contributed by atoms with Crippen LogP contribution in [-0.2, 0) is 4.79 Å². The van der Waals surface area contributed by atoms with E-state index in [1.807, 2.05) is 21.1 Å². The molecule has 0 aromatic carbocycles. The highest BCUT2D eigenvalue weighted by atomic mass is 16.2. The molecule has 0 bridgehead atoms. The van der Waals surface area contributed by atoms with Gasteiger partial charge >= 0.3 is 0 Å². The van der Waals surface area contributed by atoms with Crippen LogP contribution < -0.4 is 5.32 Å². The molecule has 0 aromatic heterocycles. The summed E-state index contributed by atoms with van der Waals surface area (Å²) >= 11 is 0. The molecule has 0 aliphatic carbocycles. The molecule has 0 atom stereocenters. The van der Waals surface area contributed by atoms with Gasteiger partial charge in [-0.1, -0.05) is 13.3 Å². The second-order valence-corrected chi connectivity index (χ2v) is 4.60. The molecule has 0 rings (SSSR count). The molecule has 0 fully saturated rings. The van der Waals surface area contributed by atoms with Crippen molar-refractivity contribution in [2.75, 3.05) is 47.3 Å². The van der Waals surface area contributed by atoms with E-state index in [2.05, 4.69) is 22.0 Å². The Morgan fingerprint density at radius 1 is 1.12 bits per heavy atom. The van der Waals surface area contributed by atoms with Crippen LogP contribution in [0.2, 0.25) is 0 Å². The Hall–Kier alpha value is -0.610. The van der Waals surface area contributed by atoms with Crippen LogP contribution >= 0.6 is 0 Å². The van der Waals surface area contributed by atoms with Crippen molar-refractivity contribution >= 4 is 5.91 Å². The van der Waals surface area contributed by atoms with E-state index in [1.165, 1.54) is 6.42 Å². The van der Waals surface area contributed by atoms with Gasteiger partial charge in [0.15, 0.2) is 0 Å². The number of amides is 1. The van der Waals surface area contributed by atoms with Crippen molar-refractivity contribution in [2.45, 2.75) is 26.2 Å². The van der Waals surface area contributed by atoms with E-state index in [0.717, 1.165) is 32.5 Å². The molecule has 0 aromatic rings. The lowest BCUT2D eigenvalue weighted by molar-refractivity contribution is -0.121. The number of unbranched alkanes of at least 4 members (excludes halogenated alkanes) is 1. The summed E-state index contributed by atoms with van der Waals surface area (Å²) in [5.74, 6) is 0.136. The van der Waals surface area contributed by atoms with Gasteiger partial charge in [0.2, 0.25) is 5.91 Å². The van der Waals surface area contributed by atoms with E-state index in [1.54, 1.807) is 0 Å². The largest absolute Gasteiger partial charge is 0.355 e. The Morgan fingerprint density at radius 3 is 2.38 bits per heavy atom. The summed E-state index contributed by atoms with van der Waals surface area (Å²) in [6, 6.07) is 0. The lowest BCUT2D eigenvalue weighted by Crippen LogP contribution is -2.36. The molecular weight excluding hydrogens is 202 g/mol. The van der Waals surface area contributed by atoms with Gasteiger partial charge in [-0.25, -0.2) is 0 Å². The monoisotopic (exact) mass is 229 g/mol. The first-order chi connectivity index (χ1) is 7.56. The van der Waals surface area contributed by atoms with E-state index < -0.39 is 0 Å². The Bertz CT molecular complexity index is 183. The standard InChI is InChI=1S/C12H27N3O/c1-5-6-10-15(4)11-12(16)13-8-7-9-14(2)3/h5-11H2,1-4H3,(H,13,16). The second kappa shape index (κ2) is 9.60. The van der Waals surface area contributed by atoms with Gasteiger partial charge in [0.1, 0.15) is 0 Å². The molecular formula is C12H27N3O. The minimum absolute atomic E-state index is 0.136. The van der Waals surface area contributed by atoms with Crippen molar-refractivity contribution in [1.29, 1.82) is 0 Å². The highest BCUT2D eigenvalue weighted by Gasteiger charge is 2.04. The van der Waals surface area contributed by atoms with Gasteiger partial charge in [-0.05, 0) is 47.1 Å². The topological polar surface area (TPSA) is 35.6 Å². The van der Waals surface area contributed by atoms with Crippen molar-refractivity contribution in [3.05, 3.63) is 0 Å². The number of nitrogens with one attached hydrogen (secondary N) is 1. The van der Waals surface area contributed by atoms with Gasteiger partial charge in [0, 0.05) is 6.54 Å². The van der Waals surface area contributed by atoms with Gasteiger partial charge in [0.05, 0.1) is 6.54 Å². The molecule has 0 aliphatic heterocycles. The van der Waals surface area contributed by atoms with Crippen LogP contribution in [0, 0.1) is 0 Å². The first-order valence-electron chi connectivity index (χ1n) is 6.16. The van der Waals surface area contributed by atoms with E-state index in [4.69, 9.17) is 0 Å². The van der Waals surface area contributed by atoms with E-state index in [-0.39, 0.29) is 5.91 Å². The van der Waals surface area contributed by atoms with Crippen molar-refractivity contribution < 1.29 is 4.79 Å². The van der Waals surface area contributed by atoms with E-state index >= 15 is 0 Å². The molecule has 1 N–H and O–H groups in total. The van der Waals surface area contributed by atoms with Gasteiger partial charge in [-0.2, -0.15) is 0 Å². The normalized spacial score (nSPS) is 11.1. The summed E-state index contributed by atoms with van der Waals surface area (Å²) in [6.45, 7) is 5.48. The number of carbonyl (C=O) groups is 1. The van der Waals surface area contributed by atoms with Crippen molar-refractivity contribution in [3.63, 3.8) is 0 Å². The smallest absolute Gasteiger partial charge is 0.234 e. The van der Waals surface area contributed by atoms with Crippen LogP contribution in [0.3, 0.4) is 0 Å². The number of hydrogen-bond donors (Lipinski definition) is 1. The van der Waals surface area contributed by atoms with Crippen molar-refractivity contribution in [1.82, 2.24) is 15.1 Å². The van der Waals surface area contributed by atoms with Crippen molar-refractivity contribution in [3.8, 4) is 0 Å². The fourth-order valence-electron chi connectivity index (χ4n) is 1.43. The van der Waals surface area contributed by atoms with Crippen LogP contribution in [0.4, 0.5) is 0 Å². The van der Waals surface area contributed by atoms with Crippen LogP contribution in [0.1, 0.15) is 26.2 Å². The third-order valence-corrected chi connectivity index (χ3v) is 2.41. The maximum atomic E-state index is 11.5. The number of hydrogen-bond acceptors (Lipinski definition) is 3. The fraction of sp³-hybridized carbons (Fsp3) is 0.917. The molecule has 16 heavy (non-hydrogen) atoms. The van der Waals surface area contributed by atoms with E-state index in [0.29, 0.717) is 6.54 Å². The van der Waals surface area contributed by atoms with E-state index in [9.17, 15) is 4.79 Å². The third kappa shape index (κ3) is 9.93. The molecule has 96 valence electrons. The zero-order valence-corrected chi connectivity index (χ0v) is 11.3. The number of rotatable bonds is 9. The highest BCUT2D eigenvalue weighted by Crippen LogP contribution is 1.91. The average molecular weight is 229 g/mol. The first kappa shape index (κ1) is 15.4. The Morgan fingerprint density at radius 2 is 1.81 bits per heavy atom. The predicted octanol–water partition coefficient (Wildman–Crippen LogP) is 0.786. The van der Waals surface area contributed by atoms with Crippen LogP contribution in [0.25, 0.3) is 0 Å². The quantitative estimate of drug-likeness (QED) is 0.594. The predicted molar refractivity (Wildman–Crippen MR) is 68.6 cm³/mol. The molecule has 0 unspecified atom stereocenters. The molecule has 1 amide bonds. The van der Waals surface area contributed by atoms with Gasteiger partial charge in [0.25, 0.3) is 0 Å². The molecule has 4 nitrogen and oxygen atoms in total. The molecule has 0 heterocycles. The summed E-state index contributed by atoms with van der Waals surface area (Å²) < 4.78 is 0. The molecule has 0 aliphatic rings. The SMILES string of the molecule is CCCCN(C)CC(=O)NCCCN(C)C. The first-order valence-corrected chi connectivity index (χ1v) is 6.16. The highest BCUT2D eigenvalue weighted by molar-refractivity contribution is 5.77. The number of nitrogens with zero attached hydrogens (tertiary/aromatic N) is 2. The summed E-state index contributed by atoms with van der Waals surface area (Å²) in [4.78, 5) is 15.7. The van der Waals surface area contributed by atoms with Gasteiger partial charge < -0.3 is 10.2 Å². The average Bonchev–Trinajstić information content (AvgIpc) is 2.21. The molecule has 0 spiro atoms. The molecule has 0 radical (unpaired) electrons. The van der Waals surface area contributed by atoms with Crippen LogP contribution in [0.5, 0.6) is 0 Å². The zero-order chi connectivity index (χ0) is 12.4. The minimum Gasteiger partial charge on any atom is -0.355 e.